The van der Waals surface area contributed by atoms with Crippen LogP contribution in [0.25, 0.3) is 0 Å². The zero-order valence-corrected chi connectivity index (χ0v) is 13.5. The molecule has 0 unspecified atom stereocenters. The summed E-state index contributed by atoms with van der Waals surface area (Å²) in [6.07, 6.45) is -1.36. The van der Waals surface area contributed by atoms with Crippen molar-refractivity contribution >= 4 is 29.1 Å². The lowest BCUT2D eigenvalue weighted by Crippen LogP contribution is -2.26. The maximum atomic E-state index is 12.7. The minimum absolute atomic E-state index is 0.168. The summed E-state index contributed by atoms with van der Waals surface area (Å²) in [5.74, 6) is 0.202. The summed E-state index contributed by atoms with van der Waals surface area (Å²) in [6.45, 7) is 0. The summed E-state index contributed by atoms with van der Waals surface area (Å²) in [5.41, 5.74) is -0.298. The molecular formula is C16H12F3N3O2S. The molecule has 1 atom stereocenters. The van der Waals surface area contributed by atoms with Gasteiger partial charge in [0, 0.05) is 0 Å². The third-order valence-electron chi connectivity index (χ3n) is 3.33. The maximum absolute atomic E-state index is 12.7. The minimum atomic E-state index is -4.41. The Morgan fingerprint density at radius 3 is 2.84 bits per heavy atom. The van der Waals surface area contributed by atoms with Gasteiger partial charge in [-0.1, -0.05) is 30.0 Å². The number of rotatable bonds is 4. The van der Waals surface area contributed by atoms with Gasteiger partial charge in [-0.05, 0) is 30.2 Å². The number of amidine groups is 1. The van der Waals surface area contributed by atoms with Gasteiger partial charge < -0.3 is 9.73 Å². The van der Waals surface area contributed by atoms with Gasteiger partial charge in [0.1, 0.15) is 5.76 Å². The van der Waals surface area contributed by atoms with Gasteiger partial charge in [-0.15, -0.1) is 5.10 Å². The molecule has 1 aliphatic heterocycles. The first-order valence-electron chi connectivity index (χ1n) is 7.20. The van der Waals surface area contributed by atoms with Crippen LogP contribution in [0.2, 0.25) is 0 Å². The molecule has 0 bridgehead atoms. The van der Waals surface area contributed by atoms with Crippen molar-refractivity contribution in [3.8, 4) is 0 Å². The molecule has 2 heterocycles. The highest BCUT2D eigenvalue weighted by molar-refractivity contribution is 8.15. The summed E-state index contributed by atoms with van der Waals surface area (Å²) in [4.78, 5) is 12.0. The van der Waals surface area contributed by atoms with Crippen LogP contribution in [-0.4, -0.2) is 22.5 Å². The first kappa shape index (κ1) is 17.3. The van der Waals surface area contributed by atoms with Crippen LogP contribution in [-0.2, 0) is 17.4 Å². The smallest absolute Gasteiger partial charge is 0.416 e. The number of hydrogen-bond donors (Lipinski definition) is 1. The number of alkyl halides is 3. The molecule has 1 aliphatic rings. The molecule has 2 aromatic rings. The number of benzene rings is 1. The van der Waals surface area contributed by atoms with E-state index in [2.05, 4.69) is 15.5 Å². The second-order valence-corrected chi connectivity index (χ2v) is 6.35. The van der Waals surface area contributed by atoms with Gasteiger partial charge in [0.05, 0.1) is 23.3 Å². The molecule has 1 saturated heterocycles. The molecule has 1 fully saturated rings. The SMILES string of the molecule is O=C1N/C(=N/N=C/c2ccco2)S[C@@H]1Cc1cccc(C(F)(F)F)c1. The minimum Gasteiger partial charge on any atom is -0.463 e. The Labute approximate surface area is 145 Å². The van der Waals surface area contributed by atoms with Gasteiger partial charge in [-0.2, -0.15) is 18.3 Å². The van der Waals surface area contributed by atoms with E-state index in [1.807, 2.05) is 0 Å². The number of amides is 1. The molecule has 25 heavy (non-hydrogen) atoms. The van der Waals surface area contributed by atoms with Gasteiger partial charge in [0.25, 0.3) is 0 Å². The molecule has 3 rings (SSSR count). The van der Waals surface area contributed by atoms with Gasteiger partial charge in [0.15, 0.2) is 5.17 Å². The predicted molar refractivity (Wildman–Crippen MR) is 88.4 cm³/mol. The van der Waals surface area contributed by atoms with E-state index in [-0.39, 0.29) is 12.3 Å². The van der Waals surface area contributed by atoms with E-state index >= 15 is 0 Å². The zero-order valence-electron chi connectivity index (χ0n) is 12.7. The Bertz CT molecular complexity index is 816. The van der Waals surface area contributed by atoms with E-state index in [0.717, 1.165) is 23.9 Å². The second-order valence-electron chi connectivity index (χ2n) is 5.16. The number of carbonyl (C=O) groups is 1. The molecule has 0 aliphatic carbocycles. The van der Waals surface area contributed by atoms with Gasteiger partial charge in [-0.3, -0.25) is 4.79 Å². The number of hydrogen-bond acceptors (Lipinski definition) is 5. The average Bonchev–Trinajstić information content (AvgIpc) is 3.18. The number of nitrogens with one attached hydrogen (secondary N) is 1. The first-order valence-corrected chi connectivity index (χ1v) is 8.08. The molecular weight excluding hydrogens is 355 g/mol. The standard InChI is InChI=1S/C16H12F3N3O2S/c17-16(18,19)11-4-1-3-10(7-11)8-13-14(23)21-15(25-13)22-20-9-12-5-2-6-24-12/h1-7,9,13H,8H2,(H,21,22,23)/b20-9+/t13-/m1/s1. The molecule has 0 spiro atoms. The monoisotopic (exact) mass is 367 g/mol. The average molecular weight is 367 g/mol. The number of thioether (sulfide) groups is 1. The highest BCUT2D eigenvalue weighted by Crippen LogP contribution is 2.31. The van der Waals surface area contributed by atoms with Crippen molar-refractivity contribution in [3.05, 3.63) is 59.5 Å². The fraction of sp³-hybridized carbons (Fsp3) is 0.188. The van der Waals surface area contributed by atoms with Crippen LogP contribution in [0.15, 0.2) is 57.3 Å². The number of nitrogens with zero attached hydrogens (tertiary/aromatic N) is 2. The molecule has 1 aromatic heterocycles. The number of carbonyl (C=O) groups excluding carboxylic acids is 1. The summed E-state index contributed by atoms with van der Waals surface area (Å²) in [6, 6.07) is 8.34. The highest BCUT2D eigenvalue weighted by Gasteiger charge is 2.33. The lowest BCUT2D eigenvalue weighted by molar-refractivity contribution is -0.137. The molecule has 1 aromatic carbocycles. The second kappa shape index (κ2) is 7.14. The van der Waals surface area contributed by atoms with Crippen LogP contribution < -0.4 is 5.32 Å². The highest BCUT2D eigenvalue weighted by atomic mass is 32.2. The van der Waals surface area contributed by atoms with Crippen LogP contribution in [0, 0.1) is 0 Å². The molecule has 0 radical (unpaired) electrons. The van der Waals surface area contributed by atoms with Crippen LogP contribution in [0.3, 0.4) is 0 Å². The van der Waals surface area contributed by atoms with Crippen LogP contribution in [0.4, 0.5) is 13.2 Å². The fourth-order valence-corrected chi connectivity index (χ4v) is 3.14. The van der Waals surface area contributed by atoms with Crippen LogP contribution >= 0.6 is 11.8 Å². The largest absolute Gasteiger partial charge is 0.463 e. The summed E-state index contributed by atoms with van der Waals surface area (Å²) in [7, 11) is 0. The van der Waals surface area contributed by atoms with Crippen molar-refractivity contribution in [1.82, 2.24) is 5.32 Å². The molecule has 9 heteroatoms. The number of halogens is 3. The topological polar surface area (TPSA) is 67.0 Å². The molecule has 0 saturated carbocycles. The van der Waals surface area contributed by atoms with E-state index in [1.54, 1.807) is 18.2 Å². The van der Waals surface area contributed by atoms with E-state index in [9.17, 15) is 18.0 Å². The van der Waals surface area contributed by atoms with E-state index in [4.69, 9.17) is 4.42 Å². The van der Waals surface area contributed by atoms with Crippen molar-refractivity contribution in [3.63, 3.8) is 0 Å². The molecule has 130 valence electrons. The first-order chi connectivity index (χ1) is 11.9. The summed E-state index contributed by atoms with van der Waals surface area (Å²) < 4.78 is 43.3. The van der Waals surface area contributed by atoms with Crippen molar-refractivity contribution in [1.29, 1.82) is 0 Å². The summed E-state index contributed by atoms with van der Waals surface area (Å²) >= 11 is 1.13. The fourth-order valence-electron chi connectivity index (χ4n) is 2.18. The van der Waals surface area contributed by atoms with Gasteiger partial charge >= 0.3 is 6.18 Å². The van der Waals surface area contributed by atoms with Crippen LogP contribution in [0.5, 0.6) is 0 Å². The quantitative estimate of drug-likeness (QED) is 0.665. The Balaban J connectivity index is 1.65. The van der Waals surface area contributed by atoms with E-state index in [0.29, 0.717) is 16.5 Å². The predicted octanol–water partition coefficient (Wildman–Crippen LogP) is 3.46. The number of furan rings is 1. The van der Waals surface area contributed by atoms with Crippen LogP contribution in [0.1, 0.15) is 16.9 Å². The lowest BCUT2D eigenvalue weighted by atomic mass is 10.1. The van der Waals surface area contributed by atoms with Crippen molar-refractivity contribution in [2.24, 2.45) is 10.2 Å². The van der Waals surface area contributed by atoms with Gasteiger partial charge in [0.2, 0.25) is 5.91 Å². The van der Waals surface area contributed by atoms with Crippen molar-refractivity contribution in [2.45, 2.75) is 17.8 Å². The zero-order chi connectivity index (χ0) is 17.9. The Kier molecular flexibility index (Phi) is 4.93. The lowest BCUT2D eigenvalue weighted by Gasteiger charge is -2.10. The third kappa shape index (κ3) is 4.50. The van der Waals surface area contributed by atoms with E-state index in [1.165, 1.54) is 18.5 Å². The summed E-state index contributed by atoms with van der Waals surface area (Å²) in [5, 5.41) is 9.98. The normalized spacial score (nSPS) is 19.7. The Hall–Kier alpha value is -2.55. The third-order valence-corrected chi connectivity index (χ3v) is 4.40. The molecule has 1 amide bonds. The van der Waals surface area contributed by atoms with Gasteiger partial charge in [-0.25, -0.2) is 0 Å². The Morgan fingerprint density at radius 1 is 1.28 bits per heavy atom. The Morgan fingerprint density at radius 2 is 2.12 bits per heavy atom. The molecule has 5 nitrogen and oxygen atoms in total. The molecule has 1 N–H and O–H groups in total. The van der Waals surface area contributed by atoms with Crippen molar-refractivity contribution in [2.75, 3.05) is 0 Å². The maximum Gasteiger partial charge on any atom is 0.416 e. The van der Waals surface area contributed by atoms with E-state index < -0.39 is 17.0 Å². The van der Waals surface area contributed by atoms with Crippen molar-refractivity contribution < 1.29 is 22.4 Å².